The number of carbonyl (C=O) groups is 4. The lowest BCUT2D eigenvalue weighted by Gasteiger charge is -2.40. The Morgan fingerprint density at radius 2 is 1.68 bits per heavy atom. The van der Waals surface area contributed by atoms with E-state index >= 15 is 0 Å². The van der Waals surface area contributed by atoms with E-state index in [4.69, 9.17) is 39.4 Å². The number of nitrogens with one attached hydrogen (secondary N) is 3. The van der Waals surface area contributed by atoms with Crippen molar-refractivity contribution in [1.82, 2.24) is 30.4 Å². The molecule has 0 spiro atoms. The van der Waals surface area contributed by atoms with Gasteiger partial charge in [-0.2, -0.15) is 0 Å². The van der Waals surface area contributed by atoms with Crippen molar-refractivity contribution in [3.8, 4) is 28.1 Å². The lowest BCUT2D eigenvalue weighted by atomic mass is 9.90. The van der Waals surface area contributed by atoms with Gasteiger partial charge in [-0.1, -0.05) is 18.2 Å². The number of nitrogens with zero attached hydrogens (tertiary/aromatic N) is 4. The van der Waals surface area contributed by atoms with E-state index in [0.717, 1.165) is 74.3 Å². The van der Waals surface area contributed by atoms with E-state index in [0.29, 0.717) is 57.7 Å². The monoisotopic (exact) mass is 890 g/mol. The van der Waals surface area contributed by atoms with Crippen molar-refractivity contribution in [2.45, 2.75) is 114 Å². The Morgan fingerprint density at radius 3 is 2.43 bits per heavy atom. The molecule has 3 aromatic carbocycles. The zero-order valence-electron chi connectivity index (χ0n) is 37.8. The van der Waals surface area contributed by atoms with E-state index in [9.17, 15) is 19.2 Å². The fourth-order valence-electron chi connectivity index (χ4n) is 10.6. The van der Waals surface area contributed by atoms with Gasteiger partial charge in [-0.3, -0.25) is 14.6 Å². The quantitative estimate of drug-likeness (QED) is 0.149. The molecule has 0 aliphatic carbocycles. The number of hydrogen-bond acceptors (Lipinski definition) is 12. The number of aliphatic imine (C=N–C) groups is 1. The molecule has 0 radical (unpaired) electrons. The lowest BCUT2D eigenvalue weighted by molar-refractivity contribution is -0.143. The number of benzene rings is 3. The molecule has 344 valence electrons. The van der Waals surface area contributed by atoms with Gasteiger partial charge in [0.05, 0.1) is 43.9 Å². The van der Waals surface area contributed by atoms with E-state index in [1.807, 2.05) is 24.8 Å². The number of amides is 4. The predicted octanol–water partition coefficient (Wildman–Crippen LogP) is 5.83. The summed E-state index contributed by atoms with van der Waals surface area (Å²) < 4.78 is 27.3. The van der Waals surface area contributed by atoms with E-state index in [1.165, 1.54) is 21.3 Å². The summed E-state index contributed by atoms with van der Waals surface area (Å²) >= 11 is 0. The molecule has 17 heteroatoms. The minimum Gasteiger partial charge on any atom is -0.488 e. The highest BCUT2D eigenvalue weighted by Crippen LogP contribution is 2.46. The van der Waals surface area contributed by atoms with Crippen LogP contribution in [-0.2, 0) is 47.2 Å². The molecule has 4 amide bonds. The number of hydrogen-bond donors (Lipinski definition) is 4. The lowest BCUT2D eigenvalue weighted by Crippen LogP contribution is -2.61. The summed E-state index contributed by atoms with van der Waals surface area (Å²) in [6.45, 7) is 7.14. The Hall–Kier alpha value is -6.04. The highest BCUT2D eigenvalue weighted by atomic mass is 16.5. The number of ether oxygens (including phenoxy) is 5. The first-order valence-corrected chi connectivity index (χ1v) is 22.6. The molecule has 3 fully saturated rings. The van der Waals surface area contributed by atoms with Crippen molar-refractivity contribution in [2.75, 3.05) is 34.5 Å². The molecule has 6 heterocycles. The zero-order chi connectivity index (χ0) is 45.7. The van der Waals surface area contributed by atoms with Gasteiger partial charge < -0.3 is 54.8 Å². The van der Waals surface area contributed by atoms with Gasteiger partial charge in [-0.05, 0) is 123 Å². The number of rotatable bonds is 10. The van der Waals surface area contributed by atoms with Crippen LogP contribution in [-0.4, -0.2) is 120 Å². The maximum Gasteiger partial charge on any atom is 0.407 e. The average Bonchev–Trinajstić information content (AvgIpc) is 4.14. The molecule has 5 aliphatic rings. The third-order valence-electron chi connectivity index (χ3n) is 14.3. The SMILES string of the molecule is COC(=O)NC(C(=O)N1[C@@H](C)CC[C@H]1C1=Nc2ccc3cc4c(cc3c2C1)OCc1cc(-c2cnc([C@]3(N)CC[C@H](C)N3C(=O)[C@@H](NC(=O)OC)C3CCOCC3)[nH]2)ccc1-4)[C@@H](C)OC. The van der Waals surface area contributed by atoms with Crippen molar-refractivity contribution in [3.63, 3.8) is 0 Å². The van der Waals surface area contributed by atoms with Gasteiger partial charge in [-0.15, -0.1) is 0 Å². The molecule has 0 bridgehead atoms. The summed E-state index contributed by atoms with van der Waals surface area (Å²) in [5.41, 5.74) is 13.6. The molecule has 7 atom stereocenters. The summed E-state index contributed by atoms with van der Waals surface area (Å²) in [5.74, 6) is 0.648. The predicted molar refractivity (Wildman–Crippen MR) is 242 cm³/mol. The van der Waals surface area contributed by atoms with Crippen LogP contribution in [0.4, 0.5) is 15.3 Å². The first-order valence-electron chi connectivity index (χ1n) is 22.6. The van der Waals surface area contributed by atoms with E-state index < -0.39 is 36.0 Å². The Balaban J connectivity index is 0.944. The van der Waals surface area contributed by atoms with Crippen LogP contribution in [0.25, 0.3) is 33.2 Å². The standard InChI is InChI=1S/C48H58N8O9/c1-25-7-12-39(55(25)43(57)41(27(3)61-4)53-46(59)62-5)37-21-34-33-22-40-35(20-29(33)9-11-36(34)51-37)32-10-8-30(19-31(32)24-65-40)38-23-50-45(52-38)48(49)16-13-26(2)56(48)44(58)42(54-47(60)63-6)28-14-17-64-18-15-28/h8-11,19-20,22-23,25-28,39,41-42H,7,12-18,21,24,49H2,1-6H3,(H,50,52)(H,53,59)(H,54,60)/t25-,26-,27+,39-,41?,42-,48-/m0/s1. The number of methoxy groups -OCH3 is 3. The normalized spacial score (nSPS) is 24.0. The van der Waals surface area contributed by atoms with Crippen LogP contribution >= 0.6 is 0 Å². The molecular weight excluding hydrogens is 833 g/mol. The molecule has 4 aromatic rings. The second-order valence-electron chi connectivity index (χ2n) is 18.0. The zero-order valence-corrected chi connectivity index (χ0v) is 37.8. The fraction of sp³-hybridized carbons (Fsp3) is 0.500. The summed E-state index contributed by atoms with van der Waals surface area (Å²) in [6, 6.07) is 12.5. The highest BCUT2D eigenvalue weighted by molar-refractivity contribution is 6.07. The average molecular weight is 891 g/mol. The van der Waals surface area contributed by atoms with Crippen LogP contribution in [0.3, 0.4) is 0 Å². The van der Waals surface area contributed by atoms with Crippen molar-refractivity contribution in [3.05, 3.63) is 65.6 Å². The van der Waals surface area contributed by atoms with Crippen molar-refractivity contribution in [2.24, 2.45) is 16.6 Å². The van der Waals surface area contributed by atoms with Gasteiger partial charge in [0.1, 0.15) is 30.3 Å². The van der Waals surface area contributed by atoms with Gasteiger partial charge >= 0.3 is 12.2 Å². The molecule has 1 unspecified atom stereocenters. The summed E-state index contributed by atoms with van der Waals surface area (Å²) in [7, 11) is 4.07. The Labute approximate surface area is 377 Å². The van der Waals surface area contributed by atoms with Gasteiger partial charge in [0.25, 0.3) is 0 Å². The third kappa shape index (κ3) is 7.96. The molecule has 9 rings (SSSR count). The van der Waals surface area contributed by atoms with Gasteiger partial charge in [0.2, 0.25) is 11.8 Å². The first kappa shape index (κ1) is 44.2. The molecule has 1 aromatic heterocycles. The molecule has 5 N–H and O–H groups in total. The Morgan fingerprint density at radius 1 is 0.908 bits per heavy atom. The number of H-pyrrole nitrogens is 1. The van der Waals surface area contributed by atoms with E-state index in [-0.39, 0.29) is 35.9 Å². The van der Waals surface area contributed by atoms with Crippen LogP contribution in [0.5, 0.6) is 5.75 Å². The number of aromatic amines is 1. The van der Waals surface area contributed by atoms with Crippen LogP contribution in [0.15, 0.2) is 53.7 Å². The summed E-state index contributed by atoms with van der Waals surface area (Å²) in [4.78, 5) is 70.1. The maximum absolute atomic E-state index is 14.4. The van der Waals surface area contributed by atoms with E-state index in [1.54, 1.807) is 18.0 Å². The maximum atomic E-state index is 14.4. The van der Waals surface area contributed by atoms with Crippen molar-refractivity contribution < 1.29 is 42.9 Å². The number of alkyl carbamates (subject to hydrolysis) is 2. The number of fused-ring (bicyclic) bond motifs is 6. The second kappa shape index (κ2) is 17.7. The molecule has 65 heavy (non-hydrogen) atoms. The molecule has 5 aliphatic heterocycles. The summed E-state index contributed by atoms with van der Waals surface area (Å²) in [6.07, 6.45) is 4.41. The number of nitrogens with two attached hydrogens (primary N) is 1. The molecule has 3 saturated heterocycles. The minimum atomic E-state index is -1.22. The third-order valence-corrected chi connectivity index (χ3v) is 14.3. The molecular formula is C48H58N8O9. The van der Waals surface area contributed by atoms with Crippen LogP contribution in [0, 0.1) is 5.92 Å². The fourth-order valence-corrected chi connectivity index (χ4v) is 10.6. The van der Waals surface area contributed by atoms with Gasteiger partial charge in [0.15, 0.2) is 5.66 Å². The van der Waals surface area contributed by atoms with Gasteiger partial charge in [-0.25, -0.2) is 14.6 Å². The Bertz CT molecular complexity index is 2550. The second-order valence-corrected chi connectivity index (χ2v) is 18.0. The number of carbonyl (C=O) groups excluding carboxylic acids is 4. The van der Waals surface area contributed by atoms with Gasteiger partial charge in [0, 0.05) is 50.1 Å². The molecule has 17 nitrogen and oxygen atoms in total. The summed E-state index contributed by atoms with van der Waals surface area (Å²) in [5, 5.41) is 7.60. The van der Waals surface area contributed by atoms with Crippen LogP contribution in [0.1, 0.15) is 76.2 Å². The highest BCUT2D eigenvalue weighted by Gasteiger charge is 2.51. The number of imidazole rings is 1. The van der Waals surface area contributed by atoms with Crippen LogP contribution in [0.2, 0.25) is 0 Å². The topological polar surface area (TPSA) is 212 Å². The van der Waals surface area contributed by atoms with Crippen LogP contribution < -0.4 is 21.1 Å². The first-order chi connectivity index (χ1) is 31.3. The largest absolute Gasteiger partial charge is 0.488 e. The number of aromatic nitrogens is 2. The minimum absolute atomic E-state index is 0.0500. The molecule has 0 saturated carbocycles. The van der Waals surface area contributed by atoms with Crippen molar-refractivity contribution >= 4 is 46.2 Å². The number of likely N-dealkylation sites (tertiary alicyclic amines) is 2. The smallest absolute Gasteiger partial charge is 0.407 e. The van der Waals surface area contributed by atoms with E-state index in [2.05, 4.69) is 52.0 Å². The van der Waals surface area contributed by atoms with Crippen molar-refractivity contribution in [1.29, 1.82) is 0 Å². The Kier molecular flexibility index (Phi) is 12.1.